The number of rotatable bonds is 5. The van der Waals surface area contributed by atoms with E-state index in [1.807, 2.05) is 6.92 Å². The predicted octanol–water partition coefficient (Wildman–Crippen LogP) is 2.55. The summed E-state index contributed by atoms with van der Waals surface area (Å²) in [7, 11) is 0. The van der Waals surface area contributed by atoms with Gasteiger partial charge in [-0.2, -0.15) is 0 Å². The Labute approximate surface area is 137 Å². The van der Waals surface area contributed by atoms with E-state index in [-0.39, 0.29) is 16.4 Å². The number of aromatic nitrogens is 2. The number of carbonyl (C=O) groups excluding carboxylic acids is 1. The lowest BCUT2D eigenvalue weighted by atomic mass is 10.2. The topological polar surface area (TPSA) is 105 Å². The van der Waals surface area contributed by atoms with E-state index < -0.39 is 5.91 Å². The van der Waals surface area contributed by atoms with Crippen molar-refractivity contribution >= 4 is 46.4 Å². The van der Waals surface area contributed by atoms with Gasteiger partial charge in [0.1, 0.15) is 12.0 Å². The minimum Gasteiger partial charge on any atom is -0.393 e. The van der Waals surface area contributed by atoms with Crippen LogP contribution < -0.4 is 21.9 Å². The van der Waals surface area contributed by atoms with Crippen LogP contribution in [0.4, 0.5) is 17.3 Å². The lowest BCUT2D eigenvalue weighted by Gasteiger charge is -2.12. The number of nitrogen functional groups attached to an aromatic ring is 1. The maximum atomic E-state index is 12.1. The van der Waals surface area contributed by atoms with Crippen molar-refractivity contribution in [3.63, 3.8) is 0 Å². The van der Waals surface area contributed by atoms with Gasteiger partial charge in [-0.3, -0.25) is 15.6 Å². The molecule has 0 atom stereocenters. The van der Waals surface area contributed by atoms with E-state index in [2.05, 4.69) is 26.1 Å². The lowest BCUT2D eigenvalue weighted by molar-refractivity contribution is 0.0962. The standard InChI is InChI=1S/C13H14Cl2N6O/c1-2-17-11-10(16)12(19-6-18-11)20-21-13(22)8-4-3-7(14)5-9(8)15/h3-6H,2,16H2,1H3,(H,21,22)(H2,17,18,19,20). The van der Waals surface area contributed by atoms with E-state index in [1.165, 1.54) is 18.5 Å². The molecular formula is C13H14Cl2N6O. The fraction of sp³-hybridized carbons (Fsp3) is 0.154. The van der Waals surface area contributed by atoms with Crippen molar-refractivity contribution < 1.29 is 4.79 Å². The van der Waals surface area contributed by atoms with E-state index in [0.717, 1.165) is 0 Å². The molecule has 116 valence electrons. The van der Waals surface area contributed by atoms with Crippen LogP contribution in [0.5, 0.6) is 0 Å². The first kappa shape index (κ1) is 16.1. The van der Waals surface area contributed by atoms with E-state index in [1.54, 1.807) is 6.07 Å². The van der Waals surface area contributed by atoms with Gasteiger partial charge in [-0.15, -0.1) is 0 Å². The summed E-state index contributed by atoms with van der Waals surface area (Å²) in [6.45, 7) is 2.58. The van der Waals surface area contributed by atoms with Crippen molar-refractivity contribution in [3.05, 3.63) is 40.1 Å². The monoisotopic (exact) mass is 340 g/mol. The quantitative estimate of drug-likeness (QED) is 0.623. The molecule has 0 fully saturated rings. The summed E-state index contributed by atoms with van der Waals surface area (Å²) in [5, 5.41) is 3.68. The van der Waals surface area contributed by atoms with Crippen molar-refractivity contribution in [3.8, 4) is 0 Å². The second kappa shape index (κ2) is 7.15. The number of hydrogen-bond donors (Lipinski definition) is 4. The van der Waals surface area contributed by atoms with E-state index in [0.29, 0.717) is 23.1 Å². The highest BCUT2D eigenvalue weighted by Crippen LogP contribution is 2.23. The minimum absolute atomic E-state index is 0.246. The normalized spacial score (nSPS) is 10.1. The van der Waals surface area contributed by atoms with Gasteiger partial charge in [0, 0.05) is 11.6 Å². The first-order chi connectivity index (χ1) is 10.5. The molecule has 0 aliphatic heterocycles. The van der Waals surface area contributed by atoms with Crippen LogP contribution in [-0.4, -0.2) is 22.4 Å². The first-order valence-corrected chi connectivity index (χ1v) is 7.14. The number of hydrogen-bond acceptors (Lipinski definition) is 6. The van der Waals surface area contributed by atoms with Crippen LogP contribution in [0.15, 0.2) is 24.5 Å². The summed E-state index contributed by atoms with van der Waals surface area (Å²) < 4.78 is 0. The molecule has 0 saturated carbocycles. The molecule has 22 heavy (non-hydrogen) atoms. The average Bonchev–Trinajstić information content (AvgIpc) is 2.48. The van der Waals surface area contributed by atoms with Crippen molar-refractivity contribution in [1.29, 1.82) is 0 Å². The molecule has 2 rings (SSSR count). The van der Waals surface area contributed by atoms with Crippen molar-refractivity contribution in [1.82, 2.24) is 15.4 Å². The average molecular weight is 341 g/mol. The molecule has 1 amide bonds. The molecule has 0 aliphatic rings. The lowest BCUT2D eigenvalue weighted by Crippen LogP contribution is -2.30. The highest BCUT2D eigenvalue weighted by molar-refractivity contribution is 6.36. The third-order valence-electron chi connectivity index (χ3n) is 2.70. The number of nitrogens with zero attached hydrogens (tertiary/aromatic N) is 2. The highest BCUT2D eigenvalue weighted by atomic mass is 35.5. The van der Waals surface area contributed by atoms with Gasteiger partial charge in [0.25, 0.3) is 5.91 Å². The van der Waals surface area contributed by atoms with Gasteiger partial charge < -0.3 is 11.1 Å². The Balaban J connectivity index is 2.09. The summed E-state index contributed by atoms with van der Waals surface area (Å²) in [6, 6.07) is 4.58. The fourth-order valence-electron chi connectivity index (χ4n) is 1.66. The molecule has 5 N–H and O–H groups in total. The molecule has 0 saturated heterocycles. The van der Waals surface area contributed by atoms with Crippen molar-refractivity contribution in [2.45, 2.75) is 6.92 Å². The van der Waals surface area contributed by atoms with Crippen LogP contribution in [0.1, 0.15) is 17.3 Å². The summed E-state index contributed by atoms with van der Waals surface area (Å²) >= 11 is 11.8. The number of nitrogens with one attached hydrogen (secondary N) is 3. The predicted molar refractivity (Wildman–Crippen MR) is 88.2 cm³/mol. The first-order valence-electron chi connectivity index (χ1n) is 6.38. The number of benzene rings is 1. The molecule has 0 spiro atoms. The second-order valence-electron chi connectivity index (χ2n) is 4.22. The molecular weight excluding hydrogens is 327 g/mol. The van der Waals surface area contributed by atoms with Crippen LogP contribution in [0.2, 0.25) is 10.0 Å². The summed E-state index contributed by atoms with van der Waals surface area (Å²) in [4.78, 5) is 20.0. The zero-order chi connectivity index (χ0) is 16.1. The third-order valence-corrected chi connectivity index (χ3v) is 3.25. The Morgan fingerprint density at radius 2 is 2.00 bits per heavy atom. The van der Waals surface area contributed by atoms with Gasteiger partial charge in [-0.05, 0) is 25.1 Å². The molecule has 0 unspecified atom stereocenters. The minimum atomic E-state index is -0.440. The van der Waals surface area contributed by atoms with Gasteiger partial charge in [0.05, 0.1) is 10.6 Å². The zero-order valence-electron chi connectivity index (χ0n) is 11.7. The molecule has 0 aliphatic carbocycles. The van der Waals surface area contributed by atoms with Gasteiger partial charge in [-0.25, -0.2) is 9.97 Å². The van der Waals surface area contributed by atoms with E-state index in [9.17, 15) is 4.79 Å². The van der Waals surface area contributed by atoms with Crippen LogP contribution in [0.3, 0.4) is 0 Å². The van der Waals surface area contributed by atoms with E-state index in [4.69, 9.17) is 28.9 Å². The van der Waals surface area contributed by atoms with Crippen LogP contribution in [-0.2, 0) is 0 Å². The van der Waals surface area contributed by atoms with Gasteiger partial charge in [-0.1, -0.05) is 23.2 Å². The summed E-state index contributed by atoms with van der Waals surface area (Å²) in [6.07, 6.45) is 1.33. The number of nitrogens with two attached hydrogens (primary N) is 1. The molecule has 1 aromatic heterocycles. The van der Waals surface area contributed by atoms with Gasteiger partial charge >= 0.3 is 0 Å². The third kappa shape index (κ3) is 3.69. The van der Waals surface area contributed by atoms with Crippen molar-refractivity contribution in [2.75, 3.05) is 23.0 Å². The smallest absolute Gasteiger partial charge is 0.271 e. The second-order valence-corrected chi connectivity index (χ2v) is 5.06. The number of amides is 1. The Morgan fingerprint density at radius 1 is 1.27 bits per heavy atom. The largest absolute Gasteiger partial charge is 0.393 e. The number of hydrazine groups is 1. The van der Waals surface area contributed by atoms with Crippen LogP contribution in [0.25, 0.3) is 0 Å². The maximum Gasteiger partial charge on any atom is 0.271 e. The molecule has 2 aromatic rings. The summed E-state index contributed by atoms with van der Waals surface area (Å²) in [5.41, 5.74) is 11.6. The van der Waals surface area contributed by atoms with Gasteiger partial charge in [0.15, 0.2) is 11.6 Å². The van der Waals surface area contributed by atoms with Gasteiger partial charge in [0.2, 0.25) is 0 Å². The molecule has 0 bridgehead atoms. The SMILES string of the molecule is CCNc1ncnc(NNC(=O)c2ccc(Cl)cc2Cl)c1N. The number of halogens is 2. The Kier molecular flexibility index (Phi) is 5.24. The van der Waals surface area contributed by atoms with E-state index >= 15 is 0 Å². The molecule has 9 heteroatoms. The van der Waals surface area contributed by atoms with Crippen LogP contribution >= 0.6 is 23.2 Å². The summed E-state index contributed by atoms with van der Waals surface area (Å²) in [5.74, 6) is 0.327. The Morgan fingerprint density at radius 3 is 2.68 bits per heavy atom. The molecule has 1 aromatic carbocycles. The van der Waals surface area contributed by atoms with Crippen LogP contribution in [0, 0.1) is 0 Å². The molecule has 0 radical (unpaired) electrons. The maximum absolute atomic E-state index is 12.1. The zero-order valence-corrected chi connectivity index (χ0v) is 13.2. The highest BCUT2D eigenvalue weighted by Gasteiger charge is 2.12. The fourth-order valence-corrected chi connectivity index (χ4v) is 2.15. The van der Waals surface area contributed by atoms with Crippen molar-refractivity contribution in [2.24, 2.45) is 0 Å². The Hall–Kier alpha value is -2.25. The molecule has 7 nitrogen and oxygen atoms in total. The molecule has 1 heterocycles. The number of anilines is 3. The Bertz CT molecular complexity index is 694. The number of carbonyl (C=O) groups is 1.